The summed E-state index contributed by atoms with van der Waals surface area (Å²) in [6.07, 6.45) is 9.23. The molecule has 0 atom stereocenters. The molecule has 0 aromatic carbocycles. The zero-order valence-corrected chi connectivity index (χ0v) is 13.1. The molecule has 0 spiro atoms. The predicted molar refractivity (Wildman–Crippen MR) is 83.4 cm³/mol. The van der Waals surface area contributed by atoms with E-state index in [1.165, 1.54) is 44.9 Å². The number of nitriles is 2. The normalized spacial score (nSPS) is 22.8. The molecule has 116 valence electrons. The highest BCUT2D eigenvalue weighted by molar-refractivity contribution is 4.82. The van der Waals surface area contributed by atoms with Gasteiger partial charge in [0.25, 0.3) is 0 Å². The Morgan fingerprint density at radius 1 is 0.714 bits per heavy atom. The topological polar surface area (TPSA) is 54.1 Å². The monoisotopic (exact) mass is 288 g/mol. The van der Waals surface area contributed by atoms with Crippen molar-refractivity contribution in [3.63, 3.8) is 0 Å². The molecule has 0 bridgehead atoms. The highest BCUT2D eigenvalue weighted by atomic mass is 15.1. The minimum atomic E-state index is 0.605. The van der Waals surface area contributed by atoms with Gasteiger partial charge >= 0.3 is 0 Å². The van der Waals surface area contributed by atoms with Gasteiger partial charge in [-0.05, 0) is 63.7 Å². The second-order valence-electron chi connectivity index (χ2n) is 6.69. The molecule has 2 rings (SSSR count). The Kier molecular flexibility index (Phi) is 7.00. The standard InChI is InChI=1S/C17H28N4/c18-8-14-20-10-4-16(5-11-20)2-1-3-17-6-12-21(13-7-17)15-9-19/h16-17H,1-7,10-15H2. The maximum Gasteiger partial charge on any atom is 0.0865 e. The summed E-state index contributed by atoms with van der Waals surface area (Å²) in [7, 11) is 0. The van der Waals surface area contributed by atoms with Gasteiger partial charge in [0.2, 0.25) is 0 Å². The Morgan fingerprint density at radius 3 is 1.43 bits per heavy atom. The van der Waals surface area contributed by atoms with Crippen molar-refractivity contribution in [2.45, 2.75) is 44.9 Å². The van der Waals surface area contributed by atoms with E-state index in [0.29, 0.717) is 13.1 Å². The molecule has 0 amide bonds. The van der Waals surface area contributed by atoms with Crippen LogP contribution in [0.15, 0.2) is 0 Å². The van der Waals surface area contributed by atoms with Gasteiger partial charge < -0.3 is 0 Å². The second-order valence-corrected chi connectivity index (χ2v) is 6.69. The second kappa shape index (κ2) is 9.03. The van der Waals surface area contributed by atoms with Crippen LogP contribution in [0.3, 0.4) is 0 Å². The molecular formula is C17H28N4. The van der Waals surface area contributed by atoms with Gasteiger partial charge in [0.15, 0.2) is 0 Å². The minimum Gasteiger partial charge on any atom is -0.291 e. The number of nitrogens with zero attached hydrogens (tertiary/aromatic N) is 4. The molecule has 4 heteroatoms. The van der Waals surface area contributed by atoms with E-state index in [2.05, 4.69) is 21.9 Å². The lowest BCUT2D eigenvalue weighted by atomic mass is 9.87. The molecule has 2 saturated heterocycles. The van der Waals surface area contributed by atoms with Crippen molar-refractivity contribution in [2.75, 3.05) is 39.3 Å². The average Bonchev–Trinajstić information content (AvgIpc) is 2.51. The SMILES string of the molecule is N#CCN1CCC(CCCC2CCN(CC#N)CC2)CC1. The van der Waals surface area contributed by atoms with Gasteiger partial charge in [-0.15, -0.1) is 0 Å². The van der Waals surface area contributed by atoms with Crippen LogP contribution in [0, 0.1) is 34.5 Å². The summed E-state index contributed by atoms with van der Waals surface area (Å²) in [5.74, 6) is 1.78. The van der Waals surface area contributed by atoms with Crippen molar-refractivity contribution < 1.29 is 0 Å². The maximum absolute atomic E-state index is 8.71. The summed E-state index contributed by atoms with van der Waals surface area (Å²) in [5.41, 5.74) is 0. The van der Waals surface area contributed by atoms with E-state index in [4.69, 9.17) is 10.5 Å². The Bertz CT molecular complexity index is 329. The quantitative estimate of drug-likeness (QED) is 0.705. The summed E-state index contributed by atoms with van der Waals surface area (Å²) in [5, 5.41) is 17.4. The first-order valence-electron chi connectivity index (χ1n) is 8.50. The van der Waals surface area contributed by atoms with Crippen molar-refractivity contribution in [1.29, 1.82) is 10.5 Å². The fraction of sp³-hybridized carbons (Fsp3) is 0.882. The van der Waals surface area contributed by atoms with Crippen LogP contribution in [-0.4, -0.2) is 49.1 Å². The third-order valence-electron chi connectivity index (χ3n) is 5.23. The number of hydrogen-bond donors (Lipinski definition) is 0. The van der Waals surface area contributed by atoms with Crippen molar-refractivity contribution in [3.8, 4) is 12.1 Å². The molecule has 0 aromatic rings. The van der Waals surface area contributed by atoms with Gasteiger partial charge in [-0.3, -0.25) is 9.80 Å². The van der Waals surface area contributed by atoms with Gasteiger partial charge in [-0.1, -0.05) is 19.3 Å². The largest absolute Gasteiger partial charge is 0.291 e. The number of hydrogen-bond acceptors (Lipinski definition) is 4. The molecule has 0 aromatic heterocycles. The van der Waals surface area contributed by atoms with E-state index in [9.17, 15) is 0 Å². The lowest BCUT2D eigenvalue weighted by molar-refractivity contribution is 0.177. The zero-order chi connectivity index (χ0) is 14.9. The summed E-state index contributed by atoms with van der Waals surface area (Å²) in [6.45, 7) is 5.67. The zero-order valence-electron chi connectivity index (χ0n) is 13.1. The molecule has 0 radical (unpaired) electrons. The van der Waals surface area contributed by atoms with Gasteiger partial charge in [0, 0.05) is 0 Å². The van der Waals surface area contributed by atoms with E-state index in [-0.39, 0.29) is 0 Å². The predicted octanol–water partition coefficient (Wildman–Crippen LogP) is 2.63. The van der Waals surface area contributed by atoms with Crippen LogP contribution < -0.4 is 0 Å². The maximum atomic E-state index is 8.71. The fourth-order valence-corrected chi connectivity index (χ4v) is 3.76. The lowest BCUT2D eigenvalue weighted by Crippen LogP contribution is -2.34. The first kappa shape index (κ1) is 16.3. The first-order valence-corrected chi connectivity index (χ1v) is 8.50. The van der Waals surface area contributed by atoms with Gasteiger partial charge in [0.05, 0.1) is 25.2 Å². The summed E-state index contributed by atoms with van der Waals surface area (Å²) in [4.78, 5) is 4.56. The molecule has 2 heterocycles. The number of piperidine rings is 2. The van der Waals surface area contributed by atoms with E-state index >= 15 is 0 Å². The van der Waals surface area contributed by atoms with Crippen LogP contribution in [0.2, 0.25) is 0 Å². The molecule has 0 aliphatic carbocycles. The van der Waals surface area contributed by atoms with E-state index in [1.54, 1.807) is 0 Å². The Labute approximate surface area is 129 Å². The highest BCUT2D eigenvalue weighted by Gasteiger charge is 2.21. The van der Waals surface area contributed by atoms with Crippen LogP contribution in [-0.2, 0) is 0 Å². The van der Waals surface area contributed by atoms with E-state index in [1.807, 2.05) is 0 Å². The highest BCUT2D eigenvalue weighted by Crippen LogP contribution is 2.27. The van der Waals surface area contributed by atoms with Crippen LogP contribution in [0.5, 0.6) is 0 Å². The smallest absolute Gasteiger partial charge is 0.0865 e. The van der Waals surface area contributed by atoms with Crippen molar-refractivity contribution in [2.24, 2.45) is 11.8 Å². The van der Waals surface area contributed by atoms with E-state index in [0.717, 1.165) is 38.0 Å². The van der Waals surface area contributed by atoms with Gasteiger partial charge in [0.1, 0.15) is 0 Å². The van der Waals surface area contributed by atoms with Gasteiger partial charge in [-0.2, -0.15) is 10.5 Å². The van der Waals surface area contributed by atoms with Crippen LogP contribution in [0.4, 0.5) is 0 Å². The fourth-order valence-electron chi connectivity index (χ4n) is 3.76. The number of rotatable bonds is 6. The molecular weight excluding hydrogens is 260 g/mol. The van der Waals surface area contributed by atoms with Crippen molar-refractivity contribution >= 4 is 0 Å². The molecule has 0 saturated carbocycles. The summed E-state index contributed by atoms with van der Waals surface area (Å²) in [6, 6.07) is 4.51. The molecule has 0 N–H and O–H groups in total. The summed E-state index contributed by atoms with van der Waals surface area (Å²) < 4.78 is 0. The average molecular weight is 288 g/mol. The number of likely N-dealkylation sites (tertiary alicyclic amines) is 2. The Hall–Kier alpha value is -1.10. The first-order chi connectivity index (χ1) is 10.3. The Morgan fingerprint density at radius 2 is 1.10 bits per heavy atom. The Balaban J connectivity index is 1.53. The van der Waals surface area contributed by atoms with Crippen LogP contribution >= 0.6 is 0 Å². The van der Waals surface area contributed by atoms with E-state index < -0.39 is 0 Å². The van der Waals surface area contributed by atoms with Crippen molar-refractivity contribution in [3.05, 3.63) is 0 Å². The molecule has 21 heavy (non-hydrogen) atoms. The third kappa shape index (κ3) is 5.65. The molecule has 0 unspecified atom stereocenters. The molecule has 2 fully saturated rings. The summed E-state index contributed by atoms with van der Waals surface area (Å²) >= 11 is 0. The molecule has 4 nitrogen and oxygen atoms in total. The lowest BCUT2D eigenvalue weighted by Gasteiger charge is -2.32. The molecule has 2 aliphatic heterocycles. The minimum absolute atomic E-state index is 0.605. The van der Waals surface area contributed by atoms with Crippen molar-refractivity contribution in [1.82, 2.24) is 9.80 Å². The van der Waals surface area contributed by atoms with Gasteiger partial charge in [-0.25, -0.2) is 0 Å². The van der Waals surface area contributed by atoms with Crippen LogP contribution in [0.1, 0.15) is 44.9 Å². The third-order valence-corrected chi connectivity index (χ3v) is 5.23. The molecule has 2 aliphatic rings. The van der Waals surface area contributed by atoms with Crippen LogP contribution in [0.25, 0.3) is 0 Å².